The zero-order valence-electron chi connectivity index (χ0n) is 11.6. The van der Waals surface area contributed by atoms with Crippen molar-refractivity contribution in [1.82, 2.24) is 4.90 Å². The fourth-order valence-corrected chi connectivity index (χ4v) is 3.39. The van der Waals surface area contributed by atoms with Crippen LogP contribution in [0.4, 0.5) is 0 Å². The second-order valence-electron chi connectivity index (χ2n) is 6.05. The van der Waals surface area contributed by atoms with E-state index in [0.29, 0.717) is 0 Å². The Bertz CT molecular complexity index is 427. The summed E-state index contributed by atoms with van der Waals surface area (Å²) >= 11 is 0. The standard InChI is InChI=1S/C16H24N2O/c17-12-16(6-9-19-10-7-16)13-18-8-5-14-3-1-2-4-15(14)11-18/h1-4H,5-13,17H2. The lowest BCUT2D eigenvalue weighted by molar-refractivity contribution is -0.00233. The molecule has 2 N–H and O–H groups in total. The lowest BCUT2D eigenvalue weighted by atomic mass is 9.79. The fraction of sp³-hybridized carbons (Fsp3) is 0.625. The minimum absolute atomic E-state index is 0.282. The number of fused-ring (bicyclic) bond motifs is 1. The fourth-order valence-electron chi connectivity index (χ4n) is 3.39. The van der Waals surface area contributed by atoms with Crippen molar-refractivity contribution in [2.24, 2.45) is 11.1 Å². The first-order chi connectivity index (χ1) is 9.31. The van der Waals surface area contributed by atoms with Crippen molar-refractivity contribution in [2.45, 2.75) is 25.8 Å². The molecule has 104 valence electrons. The van der Waals surface area contributed by atoms with Gasteiger partial charge in [-0.2, -0.15) is 0 Å². The molecular formula is C16H24N2O. The van der Waals surface area contributed by atoms with Gasteiger partial charge < -0.3 is 10.5 Å². The Morgan fingerprint density at radius 3 is 2.63 bits per heavy atom. The number of nitrogens with zero attached hydrogens (tertiary/aromatic N) is 1. The Morgan fingerprint density at radius 1 is 1.16 bits per heavy atom. The van der Waals surface area contributed by atoms with Crippen LogP contribution < -0.4 is 5.73 Å². The molecule has 0 unspecified atom stereocenters. The lowest BCUT2D eigenvalue weighted by Gasteiger charge is -2.41. The van der Waals surface area contributed by atoms with Crippen LogP contribution in [0.2, 0.25) is 0 Å². The van der Waals surface area contributed by atoms with Crippen LogP contribution in [-0.4, -0.2) is 37.7 Å². The van der Waals surface area contributed by atoms with Crippen LogP contribution in [-0.2, 0) is 17.7 Å². The zero-order chi connectivity index (χ0) is 13.1. The van der Waals surface area contributed by atoms with Gasteiger partial charge in [0.25, 0.3) is 0 Å². The Labute approximate surface area is 115 Å². The maximum atomic E-state index is 6.07. The third-order valence-corrected chi connectivity index (χ3v) is 4.76. The molecule has 1 aromatic rings. The van der Waals surface area contributed by atoms with Crippen LogP contribution in [0, 0.1) is 5.41 Å². The molecule has 1 aromatic carbocycles. The summed E-state index contributed by atoms with van der Waals surface area (Å²) < 4.78 is 5.50. The van der Waals surface area contributed by atoms with Gasteiger partial charge in [0, 0.05) is 32.8 Å². The topological polar surface area (TPSA) is 38.5 Å². The van der Waals surface area contributed by atoms with Crippen molar-refractivity contribution in [3.8, 4) is 0 Å². The third-order valence-electron chi connectivity index (χ3n) is 4.76. The molecular weight excluding hydrogens is 236 g/mol. The first kappa shape index (κ1) is 13.1. The highest BCUT2D eigenvalue weighted by Crippen LogP contribution is 2.32. The molecule has 0 spiro atoms. The van der Waals surface area contributed by atoms with E-state index in [0.717, 1.165) is 45.7 Å². The number of rotatable bonds is 3. The maximum Gasteiger partial charge on any atom is 0.0472 e. The van der Waals surface area contributed by atoms with Crippen LogP contribution in [0.3, 0.4) is 0 Å². The number of hydrogen-bond donors (Lipinski definition) is 1. The molecule has 0 aliphatic carbocycles. The first-order valence-electron chi connectivity index (χ1n) is 7.38. The Morgan fingerprint density at radius 2 is 1.89 bits per heavy atom. The van der Waals surface area contributed by atoms with E-state index in [9.17, 15) is 0 Å². The summed E-state index contributed by atoms with van der Waals surface area (Å²) in [5.41, 5.74) is 9.36. The molecule has 0 amide bonds. The van der Waals surface area contributed by atoms with Crippen molar-refractivity contribution < 1.29 is 4.74 Å². The summed E-state index contributed by atoms with van der Waals surface area (Å²) in [5, 5.41) is 0. The second-order valence-corrected chi connectivity index (χ2v) is 6.05. The molecule has 2 heterocycles. The largest absolute Gasteiger partial charge is 0.381 e. The molecule has 0 radical (unpaired) electrons. The van der Waals surface area contributed by atoms with Gasteiger partial charge in [0.2, 0.25) is 0 Å². The first-order valence-corrected chi connectivity index (χ1v) is 7.38. The van der Waals surface area contributed by atoms with Gasteiger partial charge in [-0.3, -0.25) is 4.90 Å². The summed E-state index contributed by atoms with van der Waals surface area (Å²) in [6.07, 6.45) is 3.40. The molecule has 0 saturated carbocycles. The lowest BCUT2D eigenvalue weighted by Crippen LogP contribution is -2.47. The van der Waals surface area contributed by atoms with E-state index in [1.807, 2.05) is 0 Å². The van der Waals surface area contributed by atoms with Gasteiger partial charge in [-0.25, -0.2) is 0 Å². The number of nitrogens with two attached hydrogens (primary N) is 1. The van der Waals surface area contributed by atoms with E-state index in [1.54, 1.807) is 0 Å². The summed E-state index contributed by atoms with van der Waals surface area (Å²) in [6.45, 7) is 5.91. The van der Waals surface area contributed by atoms with Gasteiger partial charge >= 0.3 is 0 Å². The van der Waals surface area contributed by atoms with Gasteiger partial charge in [-0.05, 0) is 42.3 Å². The van der Waals surface area contributed by atoms with Crippen molar-refractivity contribution in [2.75, 3.05) is 32.8 Å². The van der Waals surface area contributed by atoms with E-state index < -0.39 is 0 Å². The zero-order valence-corrected chi connectivity index (χ0v) is 11.6. The predicted molar refractivity (Wildman–Crippen MR) is 77.0 cm³/mol. The van der Waals surface area contributed by atoms with Crippen molar-refractivity contribution in [3.05, 3.63) is 35.4 Å². The maximum absolute atomic E-state index is 6.07. The molecule has 0 aromatic heterocycles. The summed E-state index contributed by atoms with van der Waals surface area (Å²) in [5.74, 6) is 0. The van der Waals surface area contributed by atoms with Gasteiger partial charge in [0.05, 0.1) is 0 Å². The van der Waals surface area contributed by atoms with Crippen LogP contribution in [0.15, 0.2) is 24.3 Å². The molecule has 3 rings (SSSR count). The van der Waals surface area contributed by atoms with Crippen LogP contribution in [0.5, 0.6) is 0 Å². The van der Waals surface area contributed by atoms with E-state index in [2.05, 4.69) is 29.2 Å². The van der Waals surface area contributed by atoms with Crippen molar-refractivity contribution >= 4 is 0 Å². The molecule has 0 atom stereocenters. The Balaban J connectivity index is 1.68. The number of ether oxygens (including phenoxy) is 1. The highest BCUT2D eigenvalue weighted by Gasteiger charge is 2.33. The van der Waals surface area contributed by atoms with Crippen molar-refractivity contribution in [3.63, 3.8) is 0 Å². The van der Waals surface area contributed by atoms with Crippen LogP contribution in [0.25, 0.3) is 0 Å². The van der Waals surface area contributed by atoms with E-state index in [4.69, 9.17) is 10.5 Å². The summed E-state index contributed by atoms with van der Waals surface area (Å²) in [6, 6.07) is 8.82. The average Bonchev–Trinajstić information content (AvgIpc) is 2.48. The number of hydrogen-bond acceptors (Lipinski definition) is 3. The second kappa shape index (κ2) is 5.61. The monoisotopic (exact) mass is 260 g/mol. The minimum atomic E-state index is 0.282. The van der Waals surface area contributed by atoms with Crippen LogP contribution >= 0.6 is 0 Å². The normalized spacial score (nSPS) is 23.0. The minimum Gasteiger partial charge on any atom is -0.381 e. The van der Waals surface area contributed by atoms with Crippen LogP contribution in [0.1, 0.15) is 24.0 Å². The Kier molecular flexibility index (Phi) is 3.87. The molecule has 2 aliphatic heterocycles. The van der Waals surface area contributed by atoms with Gasteiger partial charge in [-0.1, -0.05) is 24.3 Å². The Hall–Kier alpha value is -0.900. The number of benzene rings is 1. The third kappa shape index (κ3) is 2.83. The molecule has 1 saturated heterocycles. The highest BCUT2D eigenvalue weighted by atomic mass is 16.5. The SMILES string of the molecule is NCC1(CN2CCc3ccccc3C2)CCOCC1. The average molecular weight is 260 g/mol. The predicted octanol–water partition coefficient (Wildman–Crippen LogP) is 1.80. The summed E-state index contributed by atoms with van der Waals surface area (Å²) in [7, 11) is 0. The molecule has 2 aliphatic rings. The van der Waals surface area contributed by atoms with Gasteiger partial charge in [-0.15, -0.1) is 0 Å². The molecule has 3 nitrogen and oxygen atoms in total. The van der Waals surface area contributed by atoms with Gasteiger partial charge in [0.1, 0.15) is 0 Å². The van der Waals surface area contributed by atoms with E-state index >= 15 is 0 Å². The quantitative estimate of drug-likeness (QED) is 0.900. The van der Waals surface area contributed by atoms with Crippen molar-refractivity contribution in [1.29, 1.82) is 0 Å². The van der Waals surface area contributed by atoms with E-state index in [-0.39, 0.29) is 5.41 Å². The highest BCUT2D eigenvalue weighted by molar-refractivity contribution is 5.29. The smallest absolute Gasteiger partial charge is 0.0472 e. The molecule has 3 heteroatoms. The van der Waals surface area contributed by atoms with Gasteiger partial charge in [0.15, 0.2) is 0 Å². The van der Waals surface area contributed by atoms with E-state index in [1.165, 1.54) is 24.1 Å². The molecule has 0 bridgehead atoms. The summed E-state index contributed by atoms with van der Waals surface area (Å²) in [4.78, 5) is 2.58. The molecule has 1 fully saturated rings. The molecule has 19 heavy (non-hydrogen) atoms.